The average Bonchev–Trinajstić information content (AvgIpc) is 2.05. The van der Waals surface area contributed by atoms with Crippen molar-refractivity contribution in [1.29, 1.82) is 0 Å². The summed E-state index contributed by atoms with van der Waals surface area (Å²) in [6.45, 7) is 0. The second kappa shape index (κ2) is 3.32. The fourth-order valence-electron chi connectivity index (χ4n) is 0.978. The van der Waals surface area contributed by atoms with E-state index >= 15 is 0 Å². The van der Waals surface area contributed by atoms with Gasteiger partial charge in [0.1, 0.15) is 6.29 Å². The van der Waals surface area contributed by atoms with Crippen LogP contribution in [0.25, 0.3) is 0 Å². The number of aldehydes is 1. The summed E-state index contributed by atoms with van der Waals surface area (Å²) in [7, 11) is 0. The number of hydrogen-bond acceptors (Lipinski definition) is 2. The van der Waals surface area contributed by atoms with Gasteiger partial charge in [0.15, 0.2) is 0 Å². The van der Waals surface area contributed by atoms with Crippen LogP contribution in [0.3, 0.4) is 0 Å². The van der Waals surface area contributed by atoms with E-state index in [1.54, 1.807) is 0 Å². The summed E-state index contributed by atoms with van der Waals surface area (Å²) in [5.74, 6) is 0. The highest BCUT2D eigenvalue weighted by Crippen LogP contribution is 2.11. The number of allylic oxidation sites excluding steroid dienone is 3. The summed E-state index contributed by atoms with van der Waals surface area (Å²) >= 11 is 0. The van der Waals surface area contributed by atoms with Gasteiger partial charge in [-0.2, -0.15) is 0 Å². The largest absolute Gasteiger partial charge is 0.318 e. The van der Waals surface area contributed by atoms with Gasteiger partial charge < -0.3 is 10.5 Å². The maximum absolute atomic E-state index is 10.2. The van der Waals surface area contributed by atoms with Crippen LogP contribution in [0, 0.1) is 0 Å². The van der Waals surface area contributed by atoms with Crippen LogP contribution in [0.4, 0.5) is 0 Å². The Labute approximate surface area is 60.4 Å². The van der Waals surface area contributed by atoms with Gasteiger partial charge in [0.05, 0.1) is 6.04 Å². The Kier molecular flexibility index (Phi) is 2.40. The van der Waals surface area contributed by atoms with Crippen molar-refractivity contribution < 1.29 is 4.79 Å². The second-order valence-electron chi connectivity index (χ2n) is 2.35. The zero-order valence-electron chi connectivity index (χ0n) is 5.79. The Morgan fingerprint density at radius 2 is 2.40 bits per heavy atom. The maximum atomic E-state index is 10.2. The lowest BCUT2D eigenvalue weighted by Gasteiger charge is -2.09. The summed E-state index contributed by atoms with van der Waals surface area (Å²) in [6, 6.07) is -0.384. The van der Waals surface area contributed by atoms with Gasteiger partial charge in [0, 0.05) is 0 Å². The summed E-state index contributed by atoms with van der Waals surface area (Å²) in [5.41, 5.74) is 6.52. The standard InChI is InChI=1S/C8H11NO/c9-8(6-10)7-4-2-1-3-5-7/h1-2,5-6,8H,3-4,9H2. The van der Waals surface area contributed by atoms with E-state index < -0.39 is 0 Å². The monoisotopic (exact) mass is 137 g/mol. The van der Waals surface area contributed by atoms with Crippen LogP contribution in [0.5, 0.6) is 0 Å². The molecule has 2 nitrogen and oxygen atoms in total. The highest BCUT2D eigenvalue weighted by molar-refractivity contribution is 5.63. The Morgan fingerprint density at radius 1 is 1.60 bits per heavy atom. The molecule has 1 aliphatic rings. The molecule has 0 fully saturated rings. The molecular weight excluding hydrogens is 126 g/mol. The van der Waals surface area contributed by atoms with Crippen molar-refractivity contribution in [3.63, 3.8) is 0 Å². The third-order valence-electron chi connectivity index (χ3n) is 1.61. The van der Waals surface area contributed by atoms with Crippen molar-refractivity contribution in [2.75, 3.05) is 0 Å². The molecule has 0 aromatic rings. The second-order valence-corrected chi connectivity index (χ2v) is 2.35. The van der Waals surface area contributed by atoms with Gasteiger partial charge in [-0.25, -0.2) is 0 Å². The zero-order valence-corrected chi connectivity index (χ0v) is 5.79. The molecule has 0 saturated carbocycles. The molecule has 0 saturated heterocycles. The molecule has 1 aliphatic carbocycles. The minimum Gasteiger partial charge on any atom is -0.318 e. The van der Waals surface area contributed by atoms with E-state index in [1.807, 2.05) is 12.2 Å². The van der Waals surface area contributed by atoms with Crippen molar-refractivity contribution in [3.8, 4) is 0 Å². The third-order valence-corrected chi connectivity index (χ3v) is 1.61. The Balaban J connectivity index is 2.55. The lowest BCUT2D eigenvalue weighted by atomic mass is 10.0. The van der Waals surface area contributed by atoms with E-state index in [4.69, 9.17) is 5.73 Å². The van der Waals surface area contributed by atoms with E-state index in [-0.39, 0.29) is 6.04 Å². The Bertz CT molecular complexity index is 182. The lowest BCUT2D eigenvalue weighted by molar-refractivity contribution is -0.108. The van der Waals surface area contributed by atoms with Crippen LogP contribution >= 0.6 is 0 Å². The third kappa shape index (κ3) is 1.54. The van der Waals surface area contributed by atoms with Crippen LogP contribution in [0.1, 0.15) is 12.8 Å². The Hall–Kier alpha value is -0.890. The molecule has 10 heavy (non-hydrogen) atoms. The van der Waals surface area contributed by atoms with Gasteiger partial charge >= 0.3 is 0 Å². The number of carbonyl (C=O) groups is 1. The van der Waals surface area contributed by atoms with Crippen LogP contribution in [0.15, 0.2) is 23.8 Å². The Morgan fingerprint density at radius 3 is 2.90 bits per heavy atom. The van der Waals surface area contributed by atoms with Crippen molar-refractivity contribution >= 4 is 6.29 Å². The molecular formula is C8H11NO. The maximum Gasteiger partial charge on any atom is 0.140 e. The minimum atomic E-state index is -0.384. The predicted octanol–water partition coefficient (Wildman–Crippen LogP) is 0.789. The van der Waals surface area contributed by atoms with Crippen LogP contribution in [-0.4, -0.2) is 12.3 Å². The smallest absolute Gasteiger partial charge is 0.140 e. The first-order valence-electron chi connectivity index (χ1n) is 3.39. The fourth-order valence-corrected chi connectivity index (χ4v) is 0.978. The molecule has 0 aromatic carbocycles. The summed E-state index contributed by atoms with van der Waals surface area (Å²) in [4.78, 5) is 10.2. The molecule has 0 radical (unpaired) electrons. The van der Waals surface area contributed by atoms with Gasteiger partial charge in [0.2, 0.25) is 0 Å². The number of carbonyl (C=O) groups excluding carboxylic acids is 1. The highest BCUT2D eigenvalue weighted by atomic mass is 16.1. The van der Waals surface area contributed by atoms with Crippen molar-refractivity contribution in [2.45, 2.75) is 18.9 Å². The van der Waals surface area contributed by atoms with Gasteiger partial charge in [-0.3, -0.25) is 0 Å². The summed E-state index contributed by atoms with van der Waals surface area (Å²) in [5, 5.41) is 0. The molecule has 54 valence electrons. The number of hydrogen-bond donors (Lipinski definition) is 1. The molecule has 0 spiro atoms. The molecule has 2 N–H and O–H groups in total. The van der Waals surface area contributed by atoms with Gasteiger partial charge in [0.25, 0.3) is 0 Å². The molecule has 0 amide bonds. The first kappa shape index (κ1) is 7.22. The fraction of sp³-hybridized carbons (Fsp3) is 0.375. The van der Waals surface area contributed by atoms with Crippen molar-refractivity contribution in [1.82, 2.24) is 0 Å². The molecule has 0 aromatic heterocycles. The van der Waals surface area contributed by atoms with Crippen LogP contribution < -0.4 is 5.73 Å². The molecule has 1 atom stereocenters. The normalized spacial score (nSPS) is 19.9. The molecule has 2 heteroatoms. The van der Waals surface area contributed by atoms with Crippen LogP contribution in [0.2, 0.25) is 0 Å². The molecule has 1 unspecified atom stereocenters. The van der Waals surface area contributed by atoms with Crippen LogP contribution in [-0.2, 0) is 4.79 Å². The van der Waals surface area contributed by atoms with E-state index in [2.05, 4.69) is 6.08 Å². The lowest BCUT2D eigenvalue weighted by Crippen LogP contribution is -2.24. The molecule has 1 rings (SSSR count). The quantitative estimate of drug-likeness (QED) is 0.451. The van der Waals surface area contributed by atoms with Gasteiger partial charge in [-0.15, -0.1) is 0 Å². The van der Waals surface area contributed by atoms with Crippen molar-refractivity contribution in [3.05, 3.63) is 23.8 Å². The molecule has 0 aliphatic heterocycles. The van der Waals surface area contributed by atoms with E-state index in [1.165, 1.54) is 0 Å². The first-order valence-corrected chi connectivity index (χ1v) is 3.39. The summed E-state index contributed by atoms with van der Waals surface area (Å²) < 4.78 is 0. The van der Waals surface area contributed by atoms with E-state index in [9.17, 15) is 4.79 Å². The number of rotatable bonds is 2. The zero-order chi connectivity index (χ0) is 7.40. The predicted molar refractivity (Wildman–Crippen MR) is 40.5 cm³/mol. The average molecular weight is 137 g/mol. The molecule has 0 heterocycles. The van der Waals surface area contributed by atoms with E-state index in [0.29, 0.717) is 0 Å². The minimum absolute atomic E-state index is 0.384. The summed E-state index contributed by atoms with van der Waals surface area (Å²) in [6.07, 6.45) is 8.65. The topological polar surface area (TPSA) is 43.1 Å². The SMILES string of the molecule is NC(C=O)C1=CCC=CC1. The van der Waals surface area contributed by atoms with Crippen molar-refractivity contribution in [2.24, 2.45) is 5.73 Å². The number of nitrogens with two attached hydrogens (primary N) is 1. The first-order chi connectivity index (χ1) is 4.84. The van der Waals surface area contributed by atoms with E-state index in [0.717, 1.165) is 24.7 Å². The molecule has 0 bridgehead atoms. The highest BCUT2D eigenvalue weighted by Gasteiger charge is 2.06. The van der Waals surface area contributed by atoms with Gasteiger partial charge in [-0.1, -0.05) is 18.2 Å². The van der Waals surface area contributed by atoms with Gasteiger partial charge in [-0.05, 0) is 18.4 Å².